The van der Waals surface area contributed by atoms with E-state index < -0.39 is 0 Å². The topological polar surface area (TPSA) is 41.1 Å². The molecule has 104 valence electrons. The first-order valence-corrected chi connectivity index (χ1v) is 6.92. The van der Waals surface area contributed by atoms with E-state index in [1.165, 1.54) is 25.0 Å². The summed E-state index contributed by atoms with van der Waals surface area (Å²) in [4.78, 5) is 11.9. The van der Waals surface area contributed by atoms with Gasteiger partial charge in [0.2, 0.25) is 5.91 Å². The van der Waals surface area contributed by atoms with Crippen LogP contribution in [0.15, 0.2) is 18.2 Å². The van der Waals surface area contributed by atoms with Crippen LogP contribution in [0, 0.1) is 18.7 Å². The number of rotatable bonds is 4. The molecule has 1 aromatic rings. The Bertz CT molecular complexity index is 442. The van der Waals surface area contributed by atoms with Gasteiger partial charge in [0.05, 0.1) is 0 Å². The fraction of sp³-hybridized carbons (Fsp3) is 0.533. The highest BCUT2D eigenvalue weighted by molar-refractivity contribution is 5.91. The third kappa shape index (κ3) is 4.31. The van der Waals surface area contributed by atoms with Crippen LogP contribution in [0.2, 0.25) is 0 Å². The molecule has 1 atom stereocenters. The van der Waals surface area contributed by atoms with E-state index >= 15 is 0 Å². The van der Waals surface area contributed by atoms with E-state index in [4.69, 9.17) is 0 Å². The fourth-order valence-electron chi connectivity index (χ4n) is 2.45. The maximum Gasteiger partial charge on any atom is 0.224 e. The van der Waals surface area contributed by atoms with Crippen LogP contribution in [-0.4, -0.2) is 19.0 Å². The van der Waals surface area contributed by atoms with Crippen molar-refractivity contribution in [3.63, 3.8) is 0 Å². The van der Waals surface area contributed by atoms with Gasteiger partial charge in [0.25, 0.3) is 0 Å². The second kappa shape index (κ2) is 6.66. The average Bonchev–Trinajstić information content (AvgIpc) is 2.42. The van der Waals surface area contributed by atoms with Crippen molar-refractivity contribution in [1.82, 2.24) is 5.32 Å². The number of hydrogen-bond acceptors (Lipinski definition) is 2. The maximum absolute atomic E-state index is 13.1. The molecule has 0 spiro atoms. The van der Waals surface area contributed by atoms with Crippen molar-refractivity contribution in [2.75, 3.05) is 18.4 Å². The van der Waals surface area contributed by atoms with E-state index in [0.29, 0.717) is 18.0 Å². The molecule has 3 nitrogen and oxygen atoms in total. The minimum Gasteiger partial charge on any atom is -0.326 e. The largest absolute Gasteiger partial charge is 0.326 e. The molecule has 1 aliphatic heterocycles. The monoisotopic (exact) mass is 264 g/mol. The first kappa shape index (κ1) is 14.0. The van der Waals surface area contributed by atoms with Gasteiger partial charge < -0.3 is 10.6 Å². The normalized spacial score (nSPS) is 19.2. The number of anilines is 1. The van der Waals surface area contributed by atoms with Gasteiger partial charge in [-0.05, 0) is 62.9 Å². The summed E-state index contributed by atoms with van der Waals surface area (Å²) in [6, 6.07) is 4.45. The van der Waals surface area contributed by atoms with Crippen LogP contribution in [0.25, 0.3) is 0 Å². The summed E-state index contributed by atoms with van der Waals surface area (Å²) in [6.45, 7) is 3.96. The quantitative estimate of drug-likeness (QED) is 0.878. The summed E-state index contributed by atoms with van der Waals surface area (Å²) in [7, 11) is 0. The summed E-state index contributed by atoms with van der Waals surface area (Å²) < 4.78 is 13.1. The molecular formula is C15H21FN2O. The van der Waals surface area contributed by atoms with Crippen LogP contribution in [-0.2, 0) is 4.79 Å². The average molecular weight is 264 g/mol. The number of hydrogen-bond donors (Lipinski definition) is 2. The number of carbonyl (C=O) groups is 1. The molecule has 1 fully saturated rings. The predicted molar refractivity (Wildman–Crippen MR) is 74.6 cm³/mol. The minimum atomic E-state index is -0.322. The number of halogens is 1. The third-order valence-corrected chi connectivity index (χ3v) is 3.65. The van der Waals surface area contributed by atoms with E-state index in [0.717, 1.165) is 25.1 Å². The van der Waals surface area contributed by atoms with Crippen molar-refractivity contribution in [2.45, 2.75) is 32.6 Å². The summed E-state index contributed by atoms with van der Waals surface area (Å²) >= 11 is 0. The van der Waals surface area contributed by atoms with Gasteiger partial charge in [-0.3, -0.25) is 4.79 Å². The van der Waals surface area contributed by atoms with E-state index in [-0.39, 0.29) is 11.7 Å². The van der Waals surface area contributed by atoms with Crippen LogP contribution in [0.4, 0.5) is 10.1 Å². The highest BCUT2D eigenvalue weighted by Crippen LogP contribution is 2.19. The Morgan fingerprint density at radius 2 is 2.37 bits per heavy atom. The lowest BCUT2D eigenvalue weighted by Gasteiger charge is -2.22. The molecule has 1 heterocycles. The summed E-state index contributed by atoms with van der Waals surface area (Å²) in [5.74, 6) is 0.241. The Balaban J connectivity index is 1.81. The molecule has 1 saturated heterocycles. The SMILES string of the molecule is Cc1ccc(F)cc1NC(=O)CCC1CCCNC1. The minimum absolute atomic E-state index is 0.0285. The molecule has 0 saturated carbocycles. The highest BCUT2D eigenvalue weighted by atomic mass is 19.1. The van der Waals surface area contributed by atoms with Crippen LogP contribution < -0.4 is 10.6 Å². The number of aryl methyl sites for hydroxylation is 1. The second-order valence-electron chi connectivity index (χ2n) is 5.26. The van der Waals surface area contributed by atoms with E-state index in [2.05, 4.69) is 10.6 Å². The van der Waals surface area contributed by atoms with Gasteiger partial charge in [-0.1, -0.05) is 6.07 Å². The first-order chi connectivity index (χ1) is 9.15. The molecule has 0 aromatic heterocycles. The fourth-order valence-corrected chi connectivity index (χ4v) is 2.45. The highest BCUT2D eigenvalue weighted by Gasteiger charge is 2.14. The maximum atomic E-state index is 13.1. The molecule has 2 N–H and O–H groups in total. The zero-order valence-corrected chi connectivity index (χ0v) is 11.3. The van der Waals surface area contributed by atoms with Crippen LogP contribution in [0.1, 0.15) is 31.2 Å². The Morgan fingerprint density at radius 1 is 1.53 bits per heavy atom. The van der Waals surface area contributed by atoms with Crippen molar-refractivity contribution in [1.29, 1.82) is 0 Å². The van der Waals surface area contributed by atoms with Gasteiger partial charge in [0.1, 0.15) is 5.82 Å². The molecule has 0 radical (unpaired) electrons. The first-order valence-electron chi connectivity index (χ1n) is 6.92. The Morgan fingerprint density at radius 3 is 3.11 bits per heavy atom. The van der Waals surface area contributed by atoms with Crippen molar-refractivity contribution in [3.8, 4) is 0 Å². The number of amides is 1. The lowest BCUT2D eigenvalue weighted by atomic mass is 9.94. The molecule has 1 aliphatic rings. The van der Waals surface area contributed by atoms with Gasteiger partial charge in [0, 0.05) is 12.1 Å². The number of carbonyl (C=O) groups excluding carboxylic acids is 1. The van der Waals surface area contributed by atoms with E-state index in [1.54, 1.807) is 6.07 Å². The lowest BCUT2D eigenvalue weighted by Crippen LogP contribution is -2.30. The van der Waals surface area contributed by atoms with Crippen molar-refractivity contribution in [2.24, 2.45) is 5.92 Å². The molecule has 1 aromatic carbocycles. The zero-order valence-electron chi connectivity index (χ0n) is 11.3. The van der Waals surface area contributed by atoms with Crippen molar-refractivity contribution >= 4 is 11.6 Å². The van der Waals surface area contributed by atoms with Gasteiger partial charge in [-0.25, -0.2) is 4.39 Å². The molecule has 19 heavy (non-hydrogen) atoms. The molecule has 1 amide bonds. The van der Waals surface area contributed by atoms with Crippen LogP contribution >= 0.6 is 0 Å². The Labute approximate surface area is 113 Å². The second-order valence-corrected chi connectivity index (χ2v) is 5.26. The predicted octanol–water partition coefficient (Wildman–Crippen LogP) is 2.85. The third-order valence-electron chi connectivity index (χ3n) is 3.65. The van der Waals surface area contributed by atoms with Crippen molar-refractivity contribution in [3.05, 3.63) is 29.6 Å². The summed E-state index contributed by atoms with van der Waals surface area (Å²) in [6.07, 6.45) is 3.78. The van der Waals surface area contributed by atoms with E-state index in [1.807, 2.05) is 6.92 Å². The van der Waals surface area contributed by atoms with Crippen LogP contribution in [0.5, 0.6) is 0 Å². The molecular weight excluding hydrogens is 243 g/mol. The van der Waals surface area contributed by atoms with Gasteiger partial charge in [-0.15, -0.1) is 0 Å². The number of piperidine rings is 1. The molecule has 0 bridgehead atoms. The standard InChI is InChI=1S/C15H21FN2O/c1-11-4-6-13(16)9-14(11)18-15(19)7-5-12-3-2-8-17-10-12/h4,6,9,12,17H,2-3,5,7-8,10H2,1H3,(H,18,19). The number of nitrogens with one attached hydrogen (secondary N) is 2. The summed E-state index contributed by atoms with van der Waals surface area (Å²) in [5, 5.41) is 6.13. The van der Waals surface area contributed by atoms with Gasteiger partial charge in [-0.2, -0.15) is 0 Å². The smallest absolute Gasteiger partial charge is 0.224 e. The Kier molecular flexibility index (Phi) is 4.91. The van der Waals surface area contributed by atoms with E-state index in [9.17, 15) is 9.18 Å². The Hall–Kier alpha value is -1.42. The van der Waals surface area contributed by atoms with Crippen LogP contribution in [0.3, 0.4) is 0 Å². The lowest BCUT2D eigenvalue weighted by molar-refractivity contribution is -0.116. The zero-order chi connectivity index (χ0) is 13.7. The van der Waals surface area contributed by atoms with Gasteiger partial charge >= 0.3 is 0 Å². The molecule has 2 rings (SSSR count). The molecule has 1 unspecified atom stereocenters. The summed E-state index contributed by atoms with van der Waals surface area (Å²) in [5.41, 5.74) is 1.46. The van der Waals surface area contributed by atoms with Gasteiger partial charge in [0.15, 0.2) is 0 Å². The molecule has 4 heteroatoms. The number of benzene rings is 1. The molecule has 0 aliphatic carbocycles. The van der Waals surface area contributed by atoms with Crippen molar-refractivity contribution < 1.29 is 9.18 Å².